The van der Waals surface area contributed by atoms with Crippen molar-refractivity contribution in [1.29, 1.82) is 0 Å². The summed E-state index contributed by atoms with van der Waals surface area (Å²) < 4.78 is 5.31. The van der Waals surface area contributed by atoms with Crippen molar-refractivity contribution in [2.24, 2.45) is 0 Å². The maximum absolute atomic E-state index is 5.31. The molecule has 0 aliphatic rings. The molecule has 0 aliphatic heterocycles. The molecule has 1 aromatic heterocycles. The molecule has 0 bridgehead atoms. The van der Waals surface area contributed by atoms with E-state index < -0.39 is 0 Å². The van der Waals surface area contributed by atoms with Crippen molar-refractivity contribution in [3.05, 3.63) is 41.7 Å². The number of hydrogen-bond donors (Lipinski definition) is 0. The van der Waals surface area contributed by atoms with Crippen molar-refractivity contribution < 1.29 is 4.52 Å². The van der Waals surface area contributed by atoms with E-state index in [9.17, 15) is 0 Å². The van der Waals surface area contributed by atoms with Crippen LogP contribution in [0.4, 0.5) is 0 Å². The summed E-state index contributed by atoms with van der Waals surface area (Å²) in [5.41, 5.74) is 3.30. The van der Waals surface area contributed by atoms with Gasteiger partial charge >= 0.3 is 0 Å². The molecule has 3 heteroatoms. The average Bonchev–Trinajstić information content (AvgIpc) is 2.71. The number of benzene rings is 1. The summed E-state index contributed by atoms with van der Waals surface area (Å²) in [4.78, 5) is 0. The van der Waals surface area contributed by atoms with Crippen LogP contribution in [0.3, 0.4) is 0 Å². The Hall–Kier alpha value is -1.22. The second-order valence-electron chi connectivity index (χ2n) is 3.74. The summed E-state index contributed by atoms with van der Waals surface area (Å²) >= 11 is 1.81. The fourth-order valence-corrected chi connectivity index (χ4v) is 2.29. The highest BCUT2D eigenvalue weighted by atomic mass is 32.2. The number of aromatic nitrogens is 1. The third-order valence-corrected chi connectivity index (χ3v) is 3.66. The molecule has 2 nitrogen and oxygen atoms in total. The molecule has 0 amide bonds. The van der Waals surface area contributed by atoms with Gasteiger partial charge in [-0.3, -0.25) is 0 Å². The monoisotopic (exact) mass is 233 g/mol. The van der Waals surface area contributed by atoms with E-state index in [2.05, 4.69) is 30.5 Å². The average molecular weight is 233 g/mol. The largest absolute Gasteiger partial charge is 0.361 e. The van der Waals surface area contributed by atoms with Crippen LogP contribution >= 0.6 is 11.8 Å². The molecule has 0 spiro atoms. The van der Waals surface area contributed by atoms with E-state index in [1.807, 2.05) is 25.1 Å². The highest BCUT2D eigenvalue weighted by Gasteiger charge is 2.19. The Kier molecular flexibility index (Phi) is 3.34. The fourth-order valence-electron chi connectivity index (χ4n) is 1.78. The quantitative estimate of drug-likeness (QED) is 0.799. The molecule has 84 valence electrons. The Balaban J connectivity index is 2.50. The lowest BCUT2D eigenvalue weighted by Crippen LogP contribution is -1.91. The molecule has 0 radical (unpaired) electrons. The lowest BCUT2D eigenvalue weighted by atomic mass is 10.0. The Labute approximate surface area is 100 Å². The van der Waals surface area contributed by atoms with Gasteiger partial charge in [-0.2, -0.15) is 11.8 Å². The maximum atomic E-state index is 5.31. The molecule has 16 heavy (non-hydrogen) atoms. The summed E-state index contributed by atoms with van der Waals surface area (Å²) in [6, 6.07) is 10.2. The summed E-state index contributed by atoms with van der Waals surface area (Å²) in [5.74, 6) is 0.917. The van der Waals surface area contributed by atoms with Gasteiger partial charge in [-0.25, -0.2) is 0 Å². The predicted molar refractivity (Wildman–Crippen MR) is 68.6 cm³/mol. The topological polar surface area (TPSA) is 26.0 Å². The van der Waals surface area contributed by atoms with Gasteiger partial charge < -0.3 is 4.52 Å². The van der Waals surface area contributed by atoms with Crippen LogP contribution < -0.4 is 0 Å². The first-order chi connectivity index (χ1) is 7.74. The minimum atomic E-state index is 0.404. The van der Waals surface area contributed by atoms with Crippen LogP contribution in [0.5, 0.6) is 0 Å². The van der Waals surface area contributed by atoms with Crippen molar-refractivity contribution in [3.8, 4) is 11.3 Å². The van der Waals surface area contributed by atoms with Gasteiger partial charge in [0.25, 0.3) is 0 Å². The lowest BCUT2D eigenvalue weighted by Gasteiger charge is -2.08. The van der Waals surface area contributed by atoms with E-state index >= 15 is 0 Å². The summed E-state index contributed by atoms with van der Waals surface area (Å²) in [6.07, 6.45) is 2.10. The smallest absolute Gasteiger partial charge is 0.138 e. The van der Waals surface area contributed by atoms with Crippen LogP contribution in [-0.4, -0.2) is 11.4 Å². The zero-order valence-corrected chi connectivity index (χ0v) is 10.5. The van der Waals surface area contributed by atoms with Crippen molar-refractivity contribution in [2.45, 2.75) is 19.1 Å². The molecule has 1 heterocycles. The van der Waals surface area contributed by atoms with Gasteiger partial charge in [0.1, 0.15) is 11.5 Å². The minimum absolute atomic E-state index is 0.404. The zero-order valence-electron chi connectivity index (χ0n) is 9.73. The molecule has 0 fully saturated rings. The van der Waals surface area contributed by atoms with Gasteiger partial charge in [0.15, 0.2) is 0 Å². The van der Waals surface area contributed by atoms with Gasteiger partial charge in [-0.15, -0.1) is 0 Å². The Morgan fingerprint density at radius 3 is 2.56 bits per heavy atom. The van der Waals surface area contributed by atoms with Crippen molar-refractivity contribution >= 4 is 11.8 Å². The summed E-state index contributed by atoms with van der Waals surface area (Å²) in [5, 5.41) is 4.57. The Bertz CT molecular complexity index is 464. The molecular weight excluding hydrogens is 218 g/mol. The van der Waals surface area contributed by atoms with Crippen LogP contribution in [0.2, 0.25) is 0 Å². The number of rotatable bonds is 3. The second-order valence-corrected chi connectivity index (χ2v) is 4.92. The Morgan fingerprint density at radius 2 is 1.94 bits per heavy atom. The molecule has 1 aromatic carbocycles. The molecule has 2 rings (SSSR count). The van der Waals surface area contributed by atoms with E-state index in [0.717, 1.165) is 17.0 Å². The highest BCUT2D eigenvalue weighted by Crippen LogP contribution is 2.35. The molecule has 0 saturated carbocycles. The molecule has 0 saturated heterocycles. The zero-order chi connectivity index (χ0) is 11.5. The van der Waals surface area contributed by atoms with E-state index in [0.29, 0.717) is 5.25 Å². The first-order valence-corrected chi connectivity index (χ1v) is 6.57. The van der Waals surface area contributed by atoms with Gasteiger partial charge in [-0.05, 0) is 20.1 Å². The number of aryl methyl sites for hydroxylation is 1. The molecule has 2 aromatic rings. The Morgan fingerprint density at radius 1 is 1.25 bits per heavy atom. The number of nitrogens with zero attached hydrogens (tertiary/aromatic N) is 1. The van der Waals surface area contributed by atoms with Crippen LogP contribution in [-0.2, 0) is 0 Å². The van der Waals surface area contributed by atoms with Crippen LogP contribution in [0.15, 0.2) is 34.9 Å². The van der Waals surface area contributed by atoms with Crippen LogP contribution in [0.1, 0.15) is 23.5 Å². The summed E-state index contributed by atoms with van der Waals surface area (Å²) in [6.45, 7) is 4.15. The van der Waals surface area contributed by atoms with Crippen LogP contribution in [0.25, 0.3) is 11.3 Å². The molecule has 1 unspecified atom stereocenters. The number of hydrogen-bond acceptors (Lipinski definition) is 3. The van der Waals surface area contributed by atoms with E-state index in [1.165, 1.54) is 5.56 Å². The maximum Gasteiger partial charge on any atom is 0.138 e. The van der Waals surface area contributed by atoms with Crippen molar-refractivity contribution in [3.63, 3.8) is 0 Å². The lowest BCUT2D eigenvalue weighted by molar-refractivity contribution is 0.398. The normalized spacial score (nSPS) is 12.7. The van der Waals surface area contributed by atoms with Crippen molar-refractivity contribution in [2.75, 3.05) is 6.26 Å². The SMILES string of the molecule is CSC(C)c1c(-c2ccccc2)noc1C. The number of thioether (sulfide) groups is 1. The highest BCUT2D eigenvalue weighted by molar-refractivity contribution is 7.98. The second kappa shape index (κ2) is 4.74. The molecule has 1 atom stereocenters. The predicted octanol–water partition coefficient (Wildman–Crippen LogP) is 4.07. The van der Waals surface area contributed by atoms with E-state index in [4.69, 9.17) is 4.52 Å². The van der Waals surface area contributed by atoms with Crippen molar-refractivity contribution in [1.82, 2.24) is 5.16 Å². The van der Waals surface area contributed by atoms with Gasteiger partial charge in [-0.1, -0.05) is 35.5 Å². The van der Waals surface area contributed by atoms with Gasteiger partial charge in [0.2, 0.25) is 0 Å². The van der Waals surface area contributed by atoms with Gasteiger partial charge in [0, 0.05) is 16.4 Å². The van der Waals surface area contributed by atoms with E-state index in [1.54, 1.807) is 11.8 Å². The fraction of sp³-hybridized carbons (Fsp3) is 0.308. The van der Waals surface area contributed by atoms with E-state index in [-0.39, 0.29) is 0 Å². The van der Waals surface area contributed by atoms with Crippen LogP contribution in [0, 0.1) is 6.92 Å². The first-order valence-electron chi connectivity index (χ1n) is 5.28. The standard InChI is InChI=1S/C13H15NOS/c1-9-12(10(2)16-3)13(14-15-9)11-7-5-4-6-8-11/h4-8,10H,1-3H3. The first kappa shape index (κ1) is 11.3. The van der Waals surface area contributed by atoms with Gasteiger partial charge in [0.05, 0.1) is 0 Å². The molecular formula is C13H15NOS. The third-order valence-electron chi connectivity index (χ3n) is 2.72. The molecule has 0 N–H and O–H groups in total. The third kappa shape index (κ3) is 2.00. The summed E-state index contributed by atoms with van der Waals surface area (Å²) in [7, 11) is 0. The minimum Gasteiger partial charge on any atom is -0.361 e. The molecule has 0 aliphatic carbocycles.